The molecule has 0 atom stereocenters. The van der Waals surface area contributed by atoms with Crippen molar-refractivity contribution in [2.75, 3.05) is 13.2 Å². The average molecular weight is 434 g/mol. The van der Waals surface area contributed by atoms with Gasteiger partial charge in [-0.1, -0.05) is 12.5 Å². The van der Waals surface area contributed by atoms with Crippen molar-refractivity contribution in [2.45, 2.75) is 80.6 Å². The zero-order valence-electron chi connectivity index (χ0n) is 17.4. The molecule has 1 aromatic rings. The molecule has 6 nitrogen and oxygen atoms in total. The van der Waals surface area contributed by atoms with E-state index in [2.05, 4.69) is 10.6 Å². The van der Waals surface area contributed by atoms with Crippen molar-refractivity contribution in [3.63, 3.8) is 0 Å². The van der Waals surface area contributed by atoms with Crippen LogP contribution in [0.3, 0.4) is 0 Å². The lowest BCUT2D eigenvalue weighted by molar-refractivity contribution is -0.155. The molecular weight excluding hydrogens is 406 g/mol. The molecule has 1 aromatic carbocycles. The van der Waals surface area contributed by atoms with Gasteiger partial charge in [-0.2, -0.15) is 0 Å². The zero-order valence-corrected chi connectivity index (χ0v) is 17.4. The largest absolute Gasteiger partial charge is 0.484 e. The lowest BCUT2D eigenvalue weighted by Crippen LogP contribution is -2.84. The van der Waals surface area contributed by atoms with Gasteiger partial charge < -0.3 is 20.1 Å². The molecule has 0 unspecified atom stereocenters. The summed E-state index contributed by atoms with van der Waals surface area (Å²) >= 11 is 0. The average Bonchev–Trinajstić information content (AvgIpc) is 2.60. The molecule has 5 saturated carbocycles. The Balaban J connectivity index is 1.01. The molecule has 6 rings (SSSR count). The van der Waals surface area contributed by atoms with E-state index in [4.69, 9.17) is 9.47 Å². The molecule has 0 heterocycles. The van der Waals surface area contributed by atoms with Gasteiger partial charge in [0.05, 0.1) is 6.10 Å². The van der Waals surface area contributed by atoms with Crippen molar-refractivity contribution < 1.29 is 27.8 Å². The summed E-state index contributed by atoms with van der Waals surface area (Å²) in [5.74, 6) is -0.0651. The van der Waals surface area contributed by atoms with Crippen LogP contribution in [0.15, 0.2) is 18.2 Å². The molecule has 2 bridgehead atoms. The maximum Gasteiger partial charge on any atom is 0.258 e. The Bertz CT molecular complexity index is 863. The summed E-state index contributed by atoms with van der Waals surface area (Å²) in [6.07, 6.45) is 5.01. The van der Waals surface area contributed by atoms with E-state index in [9.17, 15) is 18.4 Å². The number of carbonyl (C=O) groups is 2. The van der Waals surface area contributed by atoms with Crippen LogP contribution >= 0.6 is 0 Å². The van der Waals surface area contributed by atoms with Crippen LogP contribution in [0.1, 0.15) is 62.8 Å². The van der Waals surface area contributed by atoms with Gasteiger partial charge in [0.2, 0.25) is 5.91 Å². The molecule has 0 saturated heterocycles. The number of amides is 2. The maximum absolute atomic E-state index is 14.2. The molecule has 2 amide bonds. The number of hydrogen-bond donors (Lipinski definition) is 2. The van der Waals surface area contributed by atoms with Gasteiger partial charge in [-0.3, -0.25) is 9.59 Å². The molecule has 31 heavy (non-hydrogen) atoms. The number of rotatable bonds is 9. The van der Waals surface area contributed by atoms with Crippen LogP contribution in [0.25, 0.3) is 0 Å². The van der Waals surface area contributed by atoms with Crippen LogP contribution in [-0.4, -0.2) is 48.4 Å². The Labute approximate surface area is 180 Å². The molecule has 0 aromatic heterocycles. The summed E-state index contributed by atoms with van der Waals surface area (Å²) in [5, 5.41) is 5.96. The van der Waals surface area contributed by atoms with Crippen molar-refractivity contribution in [2.24, 2.45) is 0 Å². The van der Waals surface area contributed by atoms with Crippen molar-refractivity contribution in [1.82, 2.24) is 10.6 Å². The van der Waals surface area contributed by atoms with Crippen LogP contribution in [0.5, 0.6) is 5.75 Å². The number of carbonyl (C=O) groups excluding carboxylic acids is 2. The molecule has 5 aliphatic rings. The fourth-order valence-electron chi connectivity index (χ4n) is 5.34. The molecule has 168 valence electrons. The normalized spacial score (nSPS) is 33.2. The van der Waals surface area contributed by atoms with E-state index >= 15 is 0 Å². The van der Waals surface area contributed by atoms with Crippen LogP contribution in [-0.2, 0) is 14.3 Å². The first kappa shape index (κ1) is 20.7. The molecule has 5 fully saturated rings. The number of halogens is 2. The topological polar surface area (TPSA) is 76.7 Å². The fraction of sp³-hybridized carbons (Fsp3) is 0.652. The standard InChI is InChI=1S/C23H28F2N2O4/c24-15-6-17(7-15)31-10-21(29)27-23-11-22(12-23,13-23)26-20(28)9-30-16-4-5-18(19(25)8-16)14-2-1-3-14/h4-5,8,14-15,17H,1-3,6-7,9-13H2,(H,26,28)(H,27,29). The highest BCUT2D eigenvalue weighted by Crippen LogP contribution is 2.60. The van der Waals surface area contributed by atoms with Gasteiger partial charge in [-0.15, -0.1) is 0 Å². The summed E-state index contributed by atoms with van der Waals surface area (Å²) in [6.45, 7) is -0.226. The Morgan fingerprint density at radius 3 is 2.23 bits per heavy atom. The highest BCUT2D eigenvalue weighted by Gasteiger charge is 2.69. The van der Waals surface area contributed by atoms with E-state index in [1.165, 1.54) is 6.07 Å². The van der Waals surface area contributed by atoms with E-state index < -0.39 is 6.17 Å². The Morgan fingerprint density at radius 1 is 1.03 bits per heavy atom. The van der Waals surface area contributed by atoms with Crippen LogP contribution in [0, 0.1) is 5.82 Å². The summed E-state index contributed by atoms with van der Waals surface area (Å²) in [4.78, 5) is 24.3. The Morgan fingerprint density at radius 2 is 1.68 bits per heavy atom. The third kappa shape index (κ3) is 4.14. The second-order valence-corrected chi connectivity index (χ2v) is 9.79. The minimum atomic E-state index is -0.802. The third-order valence-electron chi connectivity index (χ3n) is 7.21. The lowest BCUT2D eigenvalue weighted by atomic mass is 9.44. The molecule has 0 spiro atoms. The number of alkyl halides is 1. The van der Waals surface area contributed by atoms with Gasteiger partial charge in [-0.05, 0) is 49.7 Å². The zero-order chi connectivity index (χ0) is 21.6. The second-order valence-electron chi connectivity index (χ2n) is 9.79. The maximum atomic E-state index is 14.2. The smallest absolute Gasteiger partial charge is 0.258 e. The first-order valence-corrected chi connectivity index (χ1v) is 11.1. The fourth-order valence-corrected chi connectivity index (χ4v) is 5.34. The SMILES string of the molecule is O=C(COc1ccc(C2CCC2)c(F)c1)NC12CC(NC(=O)COC3CC(F)C3)(C1)C2. The first-order chi connectivity index (χ1) is 14.8. The van der Waals surface area contributed by atoms with Crippen molar-refractivity contribution in [3.8, 4) is 5.75 Å². The van der Waals surface area contributed by atoms with E-state index in [1.54, 1.807) is 12.1 Å². The van der Waals surface area contributed by atoms with Gasteiger partial charge in [0.25, 0.3) is 5.91 Å². The molecule has 0 aliphatic heterocycles. The highest BCUT2D eigenvalue weighted by atomic mass is 19.1. The van der Waals surface area contributed by atoms with Gasteiger partial charge in [0.1, 0.15) is 24.3 Å². The van der Waals surface area contributed by atoms with E-state index in [1.807, 2.05) is 0 Å². The number of nitrogens with one attached hydrogen (secondary N) is 2. The van der Waals surface area contributed by atoms with Crippen molar-refractivity contribution in [1.29, 1.82) is 0 Å². The van der Waals surface area contributed by atoms with E-state index in [0.29, 0.717) is 43.8 Å². The van der Waals surface area contributed by atoms with Gasteiger partial charge in [0, 0.05) is 30.0 Å². The summed E-state index contributed by atoms with van der Waals surface area (Å²) < 4.78 is 37.8. The van der Waals surface area contributed by atoms with Crippen molar-refractivity contribution in [3.05, 3.63) is 29.6 Å². The summed E-state index contributed by atoms with van der Waals surface area (Å²) in [6, 6.07) is 4.82. The van der Waals surface area contributed by atoms with Gasteiger partial charge >= 0.3 is 0 Å². The first-order valence-electron chi connectivity index (χ1n) is 11.1. The second kappa shape index (κ2) is 7.73. The number of ether oxygens (including phenoxy) is 2. The third-order valence-corrected chi connectivity index (χ3v) is 7.21. The highest BCUT2D eigenvalue weighted by molar-refractivity contribution is 5.81. The van der Waals surface area contributed by atoms with Crippen molar-refractivity contribution >= 4 is 11.8 Å². The predicted molar refractivity (Wildman–Crippen MR) is 108 cm³/mol. The molecule has 5 aliphatic carbocycles. The number of benzene rings is 1. The van der Waals surface area contributed by atoms with E-state index in [0.717, 1.165) is 24.8 Å². The minimum Gasteiger partial charge on any atom is -0.484 e. The quantitative estimate of drug-likeness (QED) is 0.627. The summed E-state index contributed by atoms with van der Waals surface area (Å²) in [7, 11) is 0. The Kier molecular flexibility index (Phi) is 5.15. The Hall–Kier alpha value is -2.22. The number of hydrogen-bond acceptors (Lipinski definition) is 4. The van der Waals surface area contributed by atoms with E-state index in [-0.39, 0.29) is 48.0 Å². The molecule has 0 radical (unpaired) electrons. The van der Waals surface area contributed by atoms with Gasteiger partial charge in [0.15, 0.2) is 6.61 Å². The van der Waals surface area contributed by atoms with Crippen LogP contribution in [0.4, 0.5) is 8.78 Å². The monoisotopic (exact) mass is 434 g/mol. The molecular formula is C23H28F2N2O4. The lowest BCUT2D eigenvalue weighted by Gasteiger charge is -2.70. The molecule has 2 N–H and O–H groups in total. The van der Waals surface area contributed by atoms with Crippen LogP contribution in [0.2, 0.25) is 0 Å². The molecule has 8 heteroatoms. The van der Waals surface area contributed by atoms with Crippen LogP contribution < -0.4 is 15.4 Å². The predicted octanol–water partition coefficient (Wildman–Crippen LogP) is 2.90. The van der Waals surface area contributed by atoms with Gasteiger partial charge in [-0.25, -0.2) is 8.78 Å². The summed E-state index contributed by atoms with van der Waals surface area (Å²) in [5.41, 5.74) is 0.176. The minimum absolute atomic E-state index is 0.0531.